The normalized spacial score (nSPS) is 12.1. The second kappa shape index (κ2) is 14.8. The molecule has 0 heterocycles. The number of hydrogen-bond acceptors (Lipinski definition) is 3. The molecule has 3 heteroatoms. The van der Waals surface area contributed by atoms with E-state index < -0.39 is 0 Å². The molecule has 0 spiro atoms. The Morgan fingerprint density at radius 2 is 1.18 bits per heavy atom. The molecule has 0 bridgehead atoms. The molecule has 0 aliphatic carbocycles. The lowest BCUT2D eigenvalue weighted by Crippen LogP contribution is -2.14. The SMILES string of the molecule is CCCCCCCCCCCCCCC(C(=O)c1ccc(N)c(C)c1)c1ccc(N)c(C)c1. The van der Waals surface area contributed by atoms with Gasteiger partial charge in [0.1, 0.15) is 0 Å². The fourth-order valence-corrected chi connectivity index (χ4v) is 4.58. The van der Waals surface area contributed by atoms with Crippen molar-refractivity contribution >= 4 is 17.2 Å². The summed E-state index contributed by atoms with van der Waals surface area (Å²) in [6.45, 7) is 6.24. The van der Waals surface area contributed by atoms with Gasteiger partial charge >= 0.3 is 0 Å². The molecule has 2 aromatic carbocycles. The Balaban J connectivity index is 1.84. The van der Waals surface area contributed by atoms with Gasteiger partial charge in [-0.05, 0) is 61.2 Å². The van der Waals surface area contributed by atoms with Gasteiger partial charge in [-0.1, -0.05) is 96.1 Å². The number of nitrogen functional groups attached to an aromatic ring is 2. The quantitative estimate of drug-likeness (QED) is 0.153. The van der Waals surface area contributed by atoms with Crippen LogP contribution in [0.15, 0.2) is 36.4 Å². The number of anilines is 2. The van der Waals surface area contributed by atoms with E-state index in [1.165, 1.54) is 70.6 Å². The molecule has 33 heavy (non-hydrogen) atoms. The van der Waals surface area contributed by atoms with E-state index in [4.69, 9.17) is 11.5 Å². The number of benzene rings is 2. The molecule has 1 unspecified atom stereocenters. The summed E-state index contributed by atoms with van der Waals surface area (Å²) in [6, 6.07) is 11.7. The second-order valence-corrected chi connectivity index (χ2v) is 9.78. The highest BCUT2D eigenvalue weighted by atomic mass is 16.1. The number of unbranched alkanes of at least 4 members (excludes halogenated alkanes) is 11. The Kier molecular flexibility index (Phi) is 12.1. The fourth-order valence-electron chi connectivity index (χ4n) is 4.58. The summed E-state index contributed by atoms with van der Waals surface area (Å²) in [5, 5.41) is 0. The van der Waals surface area contributed by atoms with Gasteiger partial charge in [0.15, 0.2) is 5.78 Å². The first-order valence-electron chi connectivity index (χ1n) is 13.2. The van der Waals surface area contributed by atoms with E-state index in [2.05, 4.69) is 13.0 Å². The minimum absolute atomic E-state index is 0.129. The highest BCUT2D eigenvalue weighted by molar-refractivity contribution is 6.01. The van der Waals surface area contributed by atoms with Crippen LogP contribution in [0.5, 0.6) is 0 Å². The first-order chi connectivity index (χ1) is 15.9. The summed E-state index contributed by atoms with van der Waals surface area (Å²) < 4.78 is 0. The zero-order valence-electron chi connectivity index (χ0n) is 21.3. The topological polar surface area (TPSA) is 69.1 Å². The number of carbonyl (C=O) groups is 1. The van der Waals surface area contributed by atoms with E-state index in [1.54, 1.807) is 0 Å². The highest BCUT2D eigenvalue weighted by Crippen LogP contribution is 2.30. The van der Waals surface area contributed by atoms with E-state index >= 15 is 0 Å². The van der Waals surface area contributed by atoms with Crippen molar-refractivity contribution in [3.8, 4) is 0 Å². The molecule has 0 aromatic heterocycles. The van der Waals surface area contributed by atoms with E-state index in [-0.39, 0.29) is 11.7 Å². The maximum atomic E-state index is 13.5. The zero-order valence-corrected chi connectivity index (χ0v) is 21.3. The van der Waals surface area contributed by atoms with Crippen LogP contribution < -0.4 is 11.5 Å². The first kappa shape index (κ1) is 27.0. The Morgan fingerprint density at radius 1 is 0.697 bits per heavy atom. The molecule has 0 aliphatic rings. The minimum Gasteiger partial charge on any atom is -0.399 e. The Labute approximate surface area is 202 Å². The maximum absolute atomic E-state index is 13.5. The van der Waals surface area contributed by atoms with Crippen molar-refractivity contribution in [2.75, 3.05) is 11.5 Å². The third kappa shape index (κ3) is 9.23. The summed E-state index contributed by atoms with van der Waals surface area (Å²) in [5.74, 6) is 0.0563. The van der Waals surface area contributed by atoms with Crippen LogP contribution in [0.3, 0.4) is 0 Å². The van der Waals surface area contributed by atoms with Crippen LogP contribution in [0.1, 0.15) is 123 Å². The molecular weight excluding hydrogens is 404 g/mol. The molecule has 1 atom stereocenters. The molecule has 2 aromatic rings. The molecule has 0 amide bonds. The standard InChI is InChI=1S/C30H46N2O/c1-4-5-6-7-8-9-10-11-12-13-14-15-16-27(25-17-19-28(31)23(2)21-25)30(33)26-18-20-29(32)24(3)22-26/h17-22,27H,4-16,31-32H2,1-3H3. The van der Waals surface area contributed by atoms with Gasteiger partial charge in [-0.3, -0.25) is 4.79 Å². The van der Waals surface area contributed by atoms with Gasteiger partial charge in [-0.25, -0.2) is 0 Å². The number of Topliss-reactive ketones (excluding diaryl/α,β-unsaturated/α-hetero) is 1. The molecule has 0 fully saturated rings. The summed E-state index contributed by atoms with van der Waals surface area (Å²) in [5.41, 5.74) is 17.3. The predicted molar refractivity (Wildman–Crippen MR) is 144 cm³/mol. The van der Waals surface area contributed by atoms with Gasteiger partial charge in [0.2, 0.25) is 0 Å². The molecule has 0 radical (unpaired) electrons. The maximum Gasteiger partial charge on any atom is 0.170 e. The number of aryl methyl sites for hydroxylation is 2. The van der Waals surface area contributed by atoms with Crippen molar-refractivity contribution in [1.82, 2.24) is 0 Å². The predicted octanol–water partition coefficient (Wildman–Crippen LogP) is 8.53. The summed E-state index contributed by atoms with van der Waals surface area (Å²) in [4.78, 5) is 13.5. The van der Waals surface area contributed by atoms with Crippen molar-refractivity contribution in [2.24, 2.45) is 0 Å². The molecule has 2 rings (SSSR count). The van der Waals surface area contributed by atoms with Gasteiger partial charge in [-0.2, -0.15) is 0 Å². The van der Waals surface area contributed by atoms with Crippen LogP contribution in [0.2, 0.25) is 0 Å². The van der Waals surface area contributed by atoms with Crippen LogP contribution in [0.25, 0.3) is 0 Å². The Hall–Kier alpha value is -2.29. The number of nitrogens with two attached hydrogens (primary N) is 2. The summed E-state index contributed by atoms with van der Waals surface area (Å²) in [7, 11) is 0. The lowest BCUT2D eigenvalue weighted by atomic mass is 9.85. The Morgan fingerprint density at radius 3 is 1.70 bits per heavy atom. The van der Waals surface area contributed by atoms with Crippen molar-refractivity contribution in [1.29, 1.82) is 0 Å². The van der Waals surface area contributed by atoms with Gasteiger partial charge < -0.3 is 11.5 Å². The molecular formula is C30H46N2O. The summed E-state index contributed by atoms with van der Waals surface area (Å²) in [6.07, 6.45) is 16.7. The van der Waals surface area contributed by atoms with Crippen molar-refractivity contribution in [2.45, 2.75) is 110 Å². The van der Waals surface area contributed by atoms with Gasteiger partial charge in [0.05, 0.1) is 0 Å². The van der Waals surface area contributed by atoms with Crippen LogP contribution in [0.4, 0.5) is 11.4 Å². The lowest BCUT2D eigenvalue weighted by Gasteiger charge is -2.18. The Bertz CT molecular complexity index is 858. The van der Waals surface area contributed by atoms with Gasteiger partial charge in [0.25, 0.3) is 0 Å². The lowest BCUT2D eigenvalue weighted by molar-refractivity contribution is 0.0953. The van der Waals surface area contributed by atoms with Crippen LogP contribution in [-0.4, -0.2) is 5.78 Å². The van der Waals surface area contributed by atoms with Crippen molar-refractivity contribution < 1.29 is 4.79 Å². The minimum atomic E-state index is -0.129. The number of hydrogen-bond donors (Lipinski definition) is 2. The van der Waals surface area contributed by atoms with E-state index in [0.29, 0.717) is 0 Å². The fraction of sp³-hybridized carbons (Fsp3) is 0.567. The number of carbonyl (C=O) groups excluding carboxylic acids is 1. The molecule has 182 valence electrons. The molecule has 0 aliphatic heterocycles. The third-order valence-electron chi connectivity index (χ3n) is 6.91. The van der Waals surface area contributed by atoms with E-state index in [1.807, 2.05) is 44.2 Å². The van der Waals surface area contributed by atoms with Crippen LogP contribution in [-0.2, 0) is 0 Å². The van der Waals surface area contributed by atoms with E-state index in [0.717, 1.165) is 46.5 Å². The smallest absolute Gasteiger partial charge is 0.170 e. The average Bonchev–Trinajstić information content (AvgIpc) is 2.80. The van der Waals surface area contributed by atoms with Gasteiger partial charge in [-0.15, -0.1) is 0 Å². The largest absolute Gasteiger partial charge is 0.399 e. The molecule has 4 N–H and O–H groups in total. The van der Waals surface area contributed by atoms with E-state index in [9.17, 15) is 4.79 Å². The monoisotopic (exact) mass is 450 g/mol. The highest BCUT2D eigenvalue weighted by Gasteiger charge is 2.22. The third-order valence-corrected chi connectivity index (χ3v) is 6.91. The van der Waals surface area contributed by atoms with Crippen LogP contribution in [0, 0.1) is 13.8 Å². The number of ketones is 1. The van der Waals surface area contributed by atoms with Crippen molar-refractivity contribution in [3.63, 3.8) is 0 Å². The van der Waals surface area contributed by atoms with Gasteiger partial charge in [0, 0.05) is 22.9 Å². The van der Waals surface area contributed by atoms with Crippen LogP contribution >= 0.6 is 0 Å². The molecule has 0 saturated heterocycles. The first-order valence-corrected chi connectivity index (χ1v) is 13.2. The van der Waals surface area contributed by atoms with Crippen molar-refractivity contribution in [3.05, 3.63) is 58.7 Å². The zero-order chi connectivity index (χ0) is 24.1. The molecule has 0 saturated carbocycles. The average molecular weight is 451 g/mol. The summed E-state index contributed by atoms with van der Waals surface area (Å²) >= 11 is 0. The molecule has 3 nitrogen and oxygen atoms in total. The second-order valence-electron chi connectivity index (χ2n) is 9.78. The number of rotatable bonds is 16.